The number of non-ortho nitro benzene ring substituents is 1. The summed E-state index contributed by atoms with van der Waals surface area (Å²) in [5.74, 6) is -0.377. The highest BCUT2D eigenvalue weighted by Crippen LogP contribution is 2.33. The number of sulfone groups is 1. The topological polar surface area (TPSA) is 122 Å². The molecule has 0 radical (unpaired) electrons. The van der Waals surface area contributed by atoms with Gasteiger partial charge in [0.05, 0.1) is 22.0 Å². The number of ether oxygens (including phenoxy) is 3. The van der Waals surface area contributed by atoms with Crippen molar-refractivity contribution < 1.29 is 32.3 Å². The van der Waals surface area contributed by atoms with Gasteiger partial charge in [-0.2, -0.15) is 0 Å². The Labute approximate surface area is 154 Å². The summed E-state index contributed by atoms with van der Waals surface area (Å²) >= 11 is 0. The van der Waals surface area contributed by atoms with E-state index in [9.17, 15) is 23.3 Å². The number of carbonyl (C=O) groups is 1. The van der Waals surface area contributed by atoms with Gasteiger partial charge >= 0.3 is 5.97 Å². The predicted octanol–water partition coefficient (Wildman–Crippen LogP) is 2.22. The maximum Gasteiger partial charge on any atom is 0.338 e. The number of hydrogen-bond acceptors (Lipinski definition) is 8. The SMILES string of the molecule is CS(=O)(=O)c1cccc(C(=O)OCc2cc([N+](=O)[O-])cc3c2OCOC3)c1. The zero-order valence-electron chi connectivity index (χ0n) is 14.2. The molecule has 0 saturated carbocycles. The van der Waals surface area contributed by atoms with Gasteiger partial charge in [-0.1, -0.05) is 6.07 Å². The molecular weight excluding hydrogens is 378 g/mol. The van der Waals surface area contributed by atoms with Crippen molar-refractivity contribution in [2.24, 2.45) is 0 Å². The Balaban J connectivity index is 1.83. The molecular formula is C17H15NO8S. The van der Waals surface area contributed by atoms with Gasteiger partial charge in [0.2, 0.25) is 0 Å². The molecule has 0 fully saturated rings. The molecule has 1 aliphatic heterocycles. The van der Waals surface area contributed by atoms with Crippen LogP contribution in [0.1, 0.15) is 21.5 Å². The largest absolute Gasteiger partial charge is 0.467 e. The molecule has 0 atom stereocenters. The van der Waals surface area contributed by atoms with Crippen molar-refractivity contribution in [1.29, 1.82) is 0 Å². The number of rotatable bonds is 5. The first-order chi connectivity index (χ1) is 12.8. The Hall–Kier alpha value is -2.98. The summed E-state index contributed by atoms with van der Waals surface area (Å²) in [5.41, 5.74) is 0.699. The number of nitro groups is 1. The standard InChI is InChI=1S/C17H15NO8S/c1-27(22,23)15-4-2-3-11(7-15)17(19)25-9-13-6-14(18(20)21)5-12-8-24-10-26-16(12)13/h2-7H,8-10H2,1H3. The zero-order chi connectivity index (χ0) is 19.6. The molecule has 2 aromatic rings. The second kappa shape index (κ2) is 7.33. The van der Waals surface area contributed by atoms with Gasteiger partial charge in [0.1, 0.15) is 12.4 Å². The summed E-state index contributed by atoms with van der Waals surface area (Å²) in [7, 11) is -3.47. The van der Waals surface area contributed by atoms with Crippen LogP contribution in [0.25, 0.3) is 0 Å². The van der Waals surface area contributed by atoms with Crippen LogP contribution in [0.2, 0.25) is 0 Å². The van der Waals surface area contributed by atoms with E-state index in [0.29, 0.717) is 16.9 Å². The fourth-order valence-electron chi connectivity index (χ4n) is 2.57. The number of benzene rings is 2. The van der Waals surface area contributed by atoms with E-state index in [4.69, 9.17) is 14.2 Å². The zero-order valence-corrected chi connectivity index (χ0v) is 15.0. The van der Waals surface area contributed by atoms with E-state index in [1.54, 1.807) is 0 Å². The first-order valence-electron chi connectivity index (χ1n) is 7.73. The highest BCUT2D eigenvalue weighted by Gasteiger charge is 2.22. The van der Waals surface area contributed by atoms with Crippen molar-refractivity contribution in [2.75, 3.05) is 13.0 Å². The van der Waals surface area contributed by atoms with Crippen LogP contribution in [-0.2, 0) is 32.5 Å². The Morgan fingerprint density at radius 3 is 2.78 bits per heavy atom. The van der Waals surface area contributed by atoms with Crippen LogP contribution < -0.4 is 4.74 Å². The van der Waals surface area contributed by atoms with E-state index in [1.165, 1.54) is 36.4 Å². The average Bonchev–Trinajstić information content (AvgIpc) is 2.65. The van der Waals surface area contributed by atoms with Crippen molar-refractivity contribution in [2.45, 2.75) is 18.1 Å². The normalized spacial score (nSPS) is 13.4. The van der Waals surface area contributed by atoms with E-state index in [2.05, 4.69) is 0 Å². The monoisotopic (exact) mass is 393 g/mol. The lowest BCUT2D eigenvalue weighted by Gasteiger charge is -2.20. The van der Waals surface area contributed by atoms with Gasteiger partial charge in [0, 0.05) is 29.5 Å². The summed E-state index contributed by atoms with van der Waals surface area (Å²) in [6.45, 7) is -0.136. The summed E-state index contributed by atoms with van der Waals surface area (Å²) < 4.78 is 38.9. The van der Waals surface area contributed by atoms with Crippen molar-refractivity contribution in [3.05, 3.63) is 63.2 Å². The number of nitrogens with zero attached hydrogens (tertiary/aromatic N) is 1. The molecule has 9 nitrogen and oxygen atoms in total. The molecule has 142 valence electrons. The lowest BCUT2D eigenvalue weighted by atomic mass is 10.1. The third-order valence-corrected chi connectivity index (χ3v) is 4.95. The van der Waals surface area contributed by atoms with E-state index in [0.717, 1.165) is 6.26 Å². The van der Waals surface area contributed by atoms with E-state index in [1.807, 2.05) is 0 Å². The molecule has 27 heavy (non-hydrogen) atoms. The molecule has 1 aliphatic rings. The van der Waals surface area contributed by atoms with Crippen LogP contribution in [0.5, 0.6) is 5.75 Å². The smallest absolute Gasteiger partial charge is 0.338 e. The molecule has 2 aromatic carbocycles. The second-order valence-corrected chi connectivity index (χ2v) is 7.85. The number of hydrogen-bond donors (Lipinski definition) is 0. The molecule has 3 rings (SSSR count). The lowest BCUT2D eigenvalue weighted by molar-refractivity contribution is -0.385. The molecule has 10 heteroatoms. The second-order valence-electron chi connectivity index (χ2n) is 5.84. The van der Waals surface area contributed by atoms with E-state index >= 15 is 0 Å². The maximum absolute atomic E-state index is 12.3. The van der Waals surface area contributed by atoms with Crippen LogP contribution in [0.4, 0.5) is 5.69 Å². The predicted molar refractivity (Wildman–Crippen MR) is 92.1 cm³/mol. The van der Waals surface area contributed by atoms with E-state index < -0.39 is 20.7 Å². The fraction of sp³-hybridized carbons (Fsp3) is 0.235. The van der Waals surface area contributed by atoms with Gasteiger partial charge in [0.15, 0.2) is 16.6 Å². The van der Waals surface area contributed by atoms with Crippen LogP contribution >= 0.6 is 0 Å². The molecule has 0 unspecified atom stereocenters. The summed E-state index contributed by atoms with van der Waals surface area (Å²) in [5, 5.41) is 11.1. The van der Waals surface area contributed by atoms with Crippen LogP contribution in [0.3, 0.4) is 0 Å². The minimum absolute atomic E-state index is 0.00911. The number of nitro benzene ring substituents is 1. The highest BCUT2D eigenvalue weighted by atomic mass is 32.2. The fourth-order valence-corrected chi connectivity index (χ4v) is 3.24. The van der Waals surface area contributed by atoms with Crippen LogP contribution in [0.15, 0.2) is 41.3 Å². The van der Waals surface area contributed by atoms with Gasteiger partial charge in [-0.3, -0.25) is 10.1 Å². The van der Waals surface area contributed by atoms with E-state index in [-0.39, 0.29) is 36.2 Å². The quantitative estimate of drug-likeness (QED) is 0.430. The molecule has 0 aliphatic carbocycles. The summed E-state index contributed by atoms with van der Waals surface area (Å²) in [6, 6.07) is 8.05. The van der Waals surface area contributed by atoms with Gasteiger partial charge in [-0.05, 0) is 18.2 Å². The third kappa shape index (κ3) is 4.23. The number of carbonyl (C=O) groups excluding carboxylic acids is 1. The molecule has 0 aromatic heterocycles. The first-order valence-corrected chi connectivity index (χ1v) is 9.63. The number of fused-ring (bicyclic) bond motifs is 1. The molecule has 0 spiro atoms. The summed E-state index contributed by atoms with van der Waals surface area (Å²) in [4.78, 5) is 22.8. The molecule has 0 bridgehead atoms. The van der Waals surface area contributed by atoms with Crippen molar-refractivity contribution in [3.63, 3.8) is 0 Å². The highest BCUT2D eigenvalue weighted by molar-refractivity contribution is 7.90. The van der Waals surface area contributed by atoms with Gasteiger partial charge in [-0.15, -0.1) is 0 Å². The van der Waals surface area contributed by atoms with Gasteiger partial charge < -0.3 is 14.2 Å². The maximum atomic E-state index is 12.3. The Bertz CT molecular complexity index is 1020. The Morgan fingerprint density at radius 1 is 1.30 bits per heavy atom. The lowest BCUT2D eigenvalue weighted by Crippen LogP contribution is -2.15. The molecule has 1 heterocycles. The van der Waals surface area contributed by atoms with Crippen LogP contribution in [-0.4, -0.2) is 32.4 Å². The molecule has 0 saturated heterocycles. The molecule has 0 amide bonds. The van der Waals surface area contributed by atoms with Gasteiger partial charge in [-0.25, -0.2) is 13.2 Å². The Morgan fingerprint density at radius 2 is 2.07 bits per heavy atom. The molecule has 0 N–H and O–H groups in total. The first kappa shape index (κ1) is 18.8. The van der Waals surface area contributed by atoms with Gasteiger partial charge in [0.25, 0.3) is 5.69 Å². The van der Waals surface area contributed by atoms with Crippen molar-refractivity contribution in [1.82, 2.24) is 0 Å². The summed E-state index contributed by atoms with van der Waals surface area (Å²) in [6.07, 6.45) is 1.03. The Kier molecular flexibility index (Phi) is 5.10. The van der Waals surface area contributed by atoms with Crippen molar-refractivity contribution in [3.8, 4) is 5.75 Å². The number of esters is 1. The average molecular weight is 393 g/mol. The minimum Gasteiger partial charge on any atom is -0.467 e. The van der Waals surface area contributed by atoms with Crippen molar-refractivity contribution >= 4 is 21.5 Å². The minimum atomic E-state index is -3.47. The third-order valence-electron chi connectivity index (χ3n) is 3.84. The van der Waals surface area contributed by atoms with Crippen LogP contribution in [0, 0.1) is 10.1 Å².